The van der Waals surface area contributed by atoms with E-state index in [4.69, 9.17) is 9.72 Å². The molecular formula is C27H30N4O2. The van der Waals surface area contributed by atoms with Crippen LogP contribution in [0.1, 0.15) is 47.9 Å². The van der Waals surface area contributed by atoms with Crippen molar-refractivity contribution in [1.82, 2.24) is 19.9 Å². The molecule has 2 heterocycles. The molecule has 0 aliphatic carbocycles. The maximum Gasteiger partial charge on any atom is 0.251 e. The molecular weight excluding hydrogens is 412 g/mol. The minimum absolute atomic E-state index is 0.0997. The molecule has 33 heavy (non-hydrogen) atoms. The number of hydrogen-bond acceptors (Lipinski definition) is 4. The topological polar surface area (TPSA) is 69.0 Å². The number of carbonyl (C=O) groups excluding carboxylic acids is 1. The molecule has 0 aliphatic rings. The van der Waals surface area contributed by atoms with E-state index in [1.165, 1.54) is 5.56 Å². The zero-order chi connectivity index (χ0) is 23.0. The van der Waals surface area contributed by atoms with Crippen LogP contribution in [-0.2, 0) is 13.0 Å². The lowest BCUT2D eigenvalue weighted by atomic mass is 10.0. The average molecular weight is 443 g/mol. The van der Waals surface area contributed by atoms with E-state index in [-0.39, 0.29) is 5.91 Å². The molecule has 1 N–H and O–H groups in total. The van der Waals surface area contributed by atoms with E-state index in [0.717, 1.165) is 35.6 Å². The summed E-state index contributed by atoms with van der Waals surface area (Å²) in [5.74, 6) is 2.25. The number of benzene rings is 2. The number of ether oxygens (including phenoxy) is 1. The van der Waals surface area contributed by atoms with Crippen LogP contribution < -0.4 is 10.1 Å². The number of hydrogen-bond donors (Lipinski definition) is 1. The van der Waals surface area contributed by atoms with E-state index < -0.39 is 0 Å². The van der Waals surface area contributed by atoms with Gasteiger partial charge < -0.3 is 14.6 Å². The predicted molar refractivity (Wildman–Crippen MR) is 131 cm³/mol. The van der Waals surface area contributed by atoms with Gasteiger partial charge in [-0.3, -0.25) is 9.78 Å². The van der Waals surface area contributed by atoms with Crippen molar-refractivity contribution in [1.29, 1.82) is 0 Å². The highest BCUT2D eigenvalue weighted by Crippen LogP contribution is 2.26. The molecule has 6 nitrogen and oxygen atoms in total. The first-order valence-corrected chi connectivity index (χ1v) is 11.5. The Labute approximate surface area is 194 Å². The van der Waals surface area contributed by atoms with Crippen molar-refractivity contribution < 1.29 is 9.53 Å². The summed E-state index contributed by atoms with van der Waals surface area (Å²) in [6.45, 7) is 6.31. The van der Waals surface area contributed by atoms with Gasteiger partial charge >= 0.3 is 0 Å². The van der Waals surface area contributed by atoms with Crippen LogP contribution in [0, 0.1) is 0 Å². The fourth-order valence-corrected chi connectivity index (χ4v) is 3.95. The Hall–Kier alpha value is -3.67. The average Bonchev–Trinajstić information content (AvgIpc) is 3.19. The van der Waals surface area contributed by atoms with Crippen molar-refractivity contribution in [3.8, 4) is 5.75 Å². The summed E-state index contributed by atoms with van der Waals surface area (Å²) in [6, 6.07) is 19.8. The van der Waals surface area contributed by atoms with Crippen LogP contribution in [0.5, 0.6) is 5.75 Å². The SMILES string of the molecule is CC(C)c1ccccc1OCCCn1c(CCNC(=O)c2ccncc2)nc2ccccc21. The van der Waals surface area contributed by atoms with Gasteiger partial charge in [-0.2, -0.15) is 0 Å². The molecule has 2 aromatic heterocycles. The number of nitrogens with one attached hydrogen (secondary N) is 1. The Morgan fingerprint density at radius 1 is 1.03 bits per heavy atom. The Kier molecular flexibility index (Phi) is 7.35. The lowest BCUT2D eigenvalue weighted by molar-refractivity contribution is 0.0954. The van der Waals surface area contributed by atoms with Gasteiger partial charge in [-0.25, -0.2) is 4.98 Å². The molecule has 4 rings (SSSR count). The third-order valence-electron chi connectivity index (χ3n) is 5.63. The molecule has 0 unspecified atom stereocenters. The van der Waals surface area contributed by atoms with Crippen molar-refractivity contribution in [2.75, 3.05) is 13.2 Å². The summed E-state index contributed by atoms with van der Waals surface area (Å²) in [5, 5.41) is 2.98. The maximum atomic E-state index is 12.3. The van der Waals surface area contributed by atoms with Gasteiger partial charge in [-0.1, -0.05) is 44.2 Å². The van der Waals surface area contributed by atoms with Gasteiger partial charge in [-0.15, -0.1) is 0 Å². The minimum atomic E-state index is -0.0997. The first-order chi connectivity index (χ1) is 16.1. The van der Waals surface area contributed by atoms with E-state index in [9.17, 15) is 4.79 Å². The zero-order valence-corrected chi connectivity index (χ0v) is 19.2. The Bertz CT molecular complexity index is 1200. The van der Waals surface area contributed by atoms with Crippen LogP contribution in [0.2, 0.25) is 0 Å². The smallest absolute Gasteiger partial charge is 0.251 e. The Balaban J connectivity index is 1.38. The van der Waals surface area contributed by atoms with E-state index in [1.807, 2.05) is 30.3 Å². The van der Waals surface area contributed by atoms with Crippen molar-refractivity contribution in [3.63, 3.8) is 0 Å². The second kappa shape index (κ2) is 10.8. The molecule has 0 saturated carbocycles. The largest absolute Gasteiger partial charge is 0.493 e. The molecule has 6 heteroatoms. The van der Waals surface area contributed by atoms with Gasteiger partial charge in [0.15, 0.2) is 0 Å². The van der Waals surface area contributed by atoms with Crippen LogP contribution in [0.15, 0.2) is 73.1 Å². The molecule has 0 fully saturated rings. The number of carbonyl (C=O) groups is 1. The standard InChI is InChI=1S/C27H30N4O2/c1-20(2)22-8-3-6-11-25(22)33-19-7-18-31-24-10-5-4-9-23(24)30-26(31)14-17-29-27(32)21-12-15-28-16-13-21/h3-6,8-13,15-16,20H,7,14,17-19H2,1-2H3,(H,29,32). The van der Waals surface area contributed by atoms with Gasteiger partial charge in [0.05, 0.1) is 17.6 Å². The van der Waals surface area contributed by atoms with Gasteiger partial charge in [0.2, 0.25) is 0 Å². The molecule has 0 atom stereocenters. The quantitative estimate of drug-likeness (QED) is 0.351. The second-order valence-corrected chi connectivity index (χ2v) is 8.30. The molecule has 0 bridgehead atoms. The van der Waals surface area contributed by atoms with Crippen molar-refractivity contribution in [2.24, 2.45) is 0 Å². The molecule has 0 saturated heterocycles. The summed E-state index contributed by atoms with van der Waals surface area (Å²) >= 11 is 0. The summed E-state index contributed by atoms with van der Waals surface area (Å²) in [5.41, 5.74) is 3.92. The lowest BCUT2D eigenvalue weighted by Gasteiger charge is -2.14. The lowest BCUT2D eigenvalue weighted by Crippen LogP contribution is -2.26. The molecule has 4 aromatic rings. The summed E-state index contributed by atoms with van der Waals surface area (Å²) in [7, 11) is 0. The van der Waals surface area contributed by atoms with Crippen molar-refractivity contribution >= 4 is 16.9 Å². The highest BCUT2D eigenvalue weighted by atomic mass is 16.5. The van der Waals surface area contributed by atoms with Gasteiger partial charge in [0, 0.05) is 37.5 Å². The van der Waals surface area contributed by atoms with Crippen molar-refractivity contribution in [3.05, 3.63) is 90.0 Å². The minimum Gasteiger partial charge on any atom is -0.493 e. The summed E-state index contributed by atoms with van der Waals surface area (Å²) in [6.07, 6.45) is 4.76. The van der Waals surface area contributed by atoms with E-state index in [2.05, 4.69) is 46.9 Å². The number of aryl methyl sites for hydroxylation is 1. The highest BCUT2D eigenvalue weighted by Gasteiger charge is 2.12. The maximum absolute atomic E-state index is 12.3. The van der Waals surface area contributed by atoms with Gasteiger partial charge in [0.1, 0.15) is 11.6 Å². The number of rotatable bonds is 10. The van der Waals surface area contributed by atoms with Crippen LogP contribution in [0.25, 0.3) is 11.0 Å². The van der Waals surface area contributed by atoms with E-state index >= 15 is 0 Å². The first kappa shape index (κ1) is 22.5. The Morgan fingerprint density at radius 3 is 2.61 bits per heavy atom. The molecule has 0 radical (unpaired) electrons. The van der Waals surface area contributed by atoms with E-state index in [0.29, 0.717) is 31.1 Å². The van der Waals surface area contributed by atoms with Crippen LogP contribution in [0.3, 0.4) is 0 Å². The van der Waals surface area contributed by atoms with Gasteiger partial charge in [-0.05, 0) is 48.2 Å². The monoisotopic (exact) mass is 442 g/mol. The summed E-state index contributed by atoms with van der Waals surface area (Å²) in [4.78, 5) is 21.1. The van der Waals surface area contributed by atoms with Crippen LogP contribution in [-0.4, -0.2) is 33.6 Å². The number of amides is 1. The number of pyridine rings is 1. The first-order valence-electron chi connectivity index (χ1n) is 11.5. The third kappa shape index (κ3) is 5.58. The molecule has 170 valence electrons. The molecule has 2 aromatic carbocycles. The fourth-order valence-electron chi connectivity index (χ4n) is 3.95. The van der Waals surface area contributed by atoms with Crippen LogP contribution >= 0.6 is 0 Å². The second-order valence-electron chi connectivity index (χ2n) is 8.30. The molecule has 0 spiro atoms. The molecule has 0 aliphatic heterocycles. The number of nitrogens with zero attached hydrogens (tertiary/aromatic N) is 3. The third-order valence-corrected chi connectivity index (χ3v) is 5.63. The fraction of sp³-hybridized carbons (Fsp3) is 0.296. The zero-order valence-electron chi connectivity index (χ0n) is 19.2. The molecule has 1 amide bonds. The predicted octanol–water partition coefficient (Wildman–Crippen LogP) is 5.00. The highest BCUT2D eigenvalue weighted by molar-refractivity contribution is 5.93. The number of para-hydroxylation sites is 3. The van der Waals surface area contributed by atoms with Gasteiger partial charge in [0.25, 0.3) is 5.91 Å². The summed E-state index contributed by atoms with van der Waals surface area (Å²) < 4.78 is 8.36. The van der Waals surface area contributed by atoms with Crippen LogP contribution in [0.4, 0.5) is 0 Å². The number of fused-ring (bicyclic) bond motifs is 1. The number of aromatic nitrogens is 3. The normalized spacial score (nSPS) is 11.1. The van der Waals surface area contributed by atoms with E-state index in [1.54, 1.807) is 24.5 Å². The Morgan fingerprint density at radius 2 is 1.79 bits per heavy atom. The van der Waals surface area contributed by atoms with Crippen molar-refractivity contribution in [2.45, 2.75) is 39.2 Å². The number of imidazole rings is 1.